The molecule has 0 amide bonds. The first kappa shape index (κ1) is 61.3. The summed E-state index contributed by atoms with van der Waals surface area (Å²) < 4.78 is 33.6. The van der Waals surface area contributed by atoms with Gasteiger partial charge in [0.25, 0.3) is 0 Å². The Morgan fingerprint density at radius 3 is 1.50 bits per heavy atom. The molecule has 2 heterocycles. The molecular formula is C53H90O15. The Balaban J connectivity index is 1.82. The third kappa shape index (κ3) is 27.6. The molecule has 2 saturated heterocycles. The van der Waals surface area contributed by atoms with Gasteiger partial charge in [-0.2, -0.15) is 0 Å². The third-order valence-electron chi connectivity index (χ3n) is 12.1. The summed E-state index contributed by atoms with van der Waals surface area (Å²) >= 11 is 0. The molecule has 2 rings (SSSR count). The van der Waals surface area contributed by atoms with Gasteiger partial charge in [-0.05, 0) is 57.8 Å². The maximum Gasteiger partial charge on any atom is 0.306 e. The molecule has 2 aliphatic rings. The van der Waals surface area contributed by atoms with Crippen molar-refractivity contribution in [1.82, 2.24) is 0 Å². The van der Waals surface area contributed by atoms with E-state index in [1.165, 1.54) is 57.8 Å². The highest BCUT2D eigenvalue weighted by atomic mass is 16.7. The van der Waals surface area contributed by atoms with E-state index in [-0.39, 0.29) is 19.4 Å². The number of carbonyl (C=O) groups is 2. The number of rotatable bonds is 39. The Labute approximate surface area is 407 Å². The predicted molar refractivity (Wildman–Crippen MR) is 261 cm³/mol. The van der Waals surface area contributed by atoms with E-state index in [0.717, 1.165) is 70.6 Å². The first-order valence-electron chi connectivity index (χ1n) is 25.9. The smallest absolute Gasteiger partial charge is 0.306 e. The van der Waals surface area contributed by atoms with Crippen molar-refractivity contribution in [2.75, 3.05) is 26.4 Å². The highest BCUT2D eigenvalue weighted by Gasteiger charge is 2.47. The summed E-state index contributed by atoms with van der Waals surface area (Å²) in [5.41, 5.74) is 0. The molecule has 2 fully saturated rings. The van der Waals surface area contributed by atoms with Crippen LogP contribution in [0.4, 0.5) is 0 Å². The number of ether oxygens (including phenoxy) is 6. The number of aliphatic hydroxyl groups excluding tert-OH is 7. The number of carbonyl (C=O) groups excluding carboxylic acids is 2. The highest BCUT2D eigenvalue weighted by Crippen LogP contribution is 2.26. The lowest BCUT2D eigenvalue weighted by molar-refractivity contribution is -0.332. The first-order valence-corrected chi connectivity index (χ1v) is 25.9. The van der Waals surface area contributed by atoms with Crippen molar-refractivity contribution in [3.63, 3.8) is 0 Å². The Hall–Kier alpha value is -2.80. The van der Waals surface area contributed by atoms with Crippen LogP contribution in [0.2, 0.25) is 0 Å². The molecule has 0 bridgehead atoms. The van der Waals surface area contributed by atoms with Crippen LogP contribution in [0.1, 0.15) is 168 Å². The van der Waals surface area contributed by atoms with Gasteiger partial charge >= 0.3 is 11.9 Å². The van der Waals surface area contributed by atoms with Gasteiger partial charge < -0.3 is 64.2 Å². The van der Waals surface area contributed by atoms with Crippen LogP contribution in [0.15, 0.2) is 60.8 Å². The van der Waals surface area contributed by atoms with E-state index in [0.29, 0.717) is 12.8 Å². The van der Waals surface area contributed by atoms with Gasteiger partial charge in [-0.1, -0.05) is 158 Å². The van der Waals surface area contributed by atoms with Crippen LogP contribution in [0.3, 0.4) is 0 Å². The number of aliphatic hydroxyl groups is 7. The van der Waals surface area contributed by atoms with Crippen molar-refractivity contribution in [3.8, 4) is 0 Å². The van der Waals surface area contributed by atoms with E-state index in [1.807, 2.05) is 36.5 Å². The molecule has 2 aliphatic heterocycles. The number of esters is 2. The quantitative estimate of drug-likeness (QED) is 0.0139. The minimum absolute atomic E-state index is 0.155. The summed E-state index contributed by atoms with van der Waals surface area (Å²) in [5.74, 6) is -0.957. The number of hydrogen-bond donors (Lipinski definition) is 7. The van der Waals surface area contributed by atoms with Gasteiger partial charge in [0.05, 0.1) is 19.8 Å². The topological polar surface area (TPSA) is 231 Å². The fraction of sp³-hybridized carbons (Fsp3) is 0.774. The van der Waals surface area contributed by atoms with E-state index in [1.54, 1.807) is 0 Å². The lowest BCUT2D eigenvalue weighted by Crippen LogP contribution is -2.61. The van der Waals surface area contributed by atoms with E-state index in [9.17, 15) is 45.3 Å². The molecule has 7 N–H and O–H groups in total. The van der Waals surface area contributed by atoms with Crippen LogP contribution in [-0.4, -0.2) is 142 Å². The highest BCUT2D eigenvalue weighted by molar-refractivity contribution is 5.70. The second-order valence-corrected chi connectivity index (χ2v) is 18.1. The zero-order chi connectivity index (χ0) is 49.6. The van der Waals surface area contributed by atoms with E-state index >= 15 is 0 Å². The molecule has 11 atom stereocenters. The van der Waals surface area contributed by atoms with Gasteiger partial charge in [0.15, 0.2) is 18.7 Å². The molecule has 0 aromatic carbocycles. The molecule has 15 heteroatoms. The molecule has 0 spiro atoms. The summed E-state index contributed by atoms with van der Waals surface area (Å²) in [4.78, 5) is 25.8. The summed E-state index contributed by atoms with van der Waals surface area (Å²) in [7, 11) is 0. The summed E-state index contributed by atoms with van der Waals surface area (Å²) in [5, 5.41) is 72.1. The number of unbranched alkanes of at least 4 members (excludes halogenated alkanes) is 18. The van der Waals surface area contributed by atoms with Gasteiger partial charge in [-0.3, -0.25) is 9.59 Å². The Morgan fingerprint density at radius 1 is 0.485 bits per heavy atom. The second kappa shape index (κ2) is 39.9. The number of allylic oxidation sites excluding steroid dienone is 10. The lowest BCUT2D eigenvalue weighted by Gasteiger charge is -2.42. The van der Waals surface area contributed by atoms with Gasteiger partial charge in [0.1, 0.15) is 55.4 Å². The van der Waals surface area contributed by atoms with Gasteiger partial charge in [0.2, 0.25) is 0 Å². The Bertz CT molecular complexity index is 1420. The van der Waals surface area contributed by atoms with Gasteiger partial charge in [-0.15, -0.1) is 0 Å². The average Bonchev–Trinajstić information content (AvgIpc) is 3.33. The standard InChI is InChI=1S/C53H90O15/c1-3-5-7-9-11-13-15-17-19-20-22-24-26-28-30-32-34-36-45(56)66-41(38-63-44(55)35-33-31-29-27-25-23-21-18-16-14-12-10-8-6-4-2)39-64-52-51(62)49(60)47(58)43(68-52)40-65-53-50(61)48(59)46(57)42(37-54)67-53/h6,8,10,12-16,18,21,41-43,46-54,57-62H,3-5,7,9,11,17,19-20,22-40H2,1-2H3/b8-6+,12-10+,15-13+,16-14+,21-18+/t41-,42+,43+,46-,47-,48?,49?,50?,51?,52+,53+/m1/s1. The van der Waals surface area contributed by atoms with Crippen LogP contribution < -0.4 is 0 Å². The van der Waals surface area contributed by atoms with Crippen LogP contribution in [0, 0.1) is 0 Å². The van der Waals surface area contributed by atoms with Crippen LogP contribution in [0.25, 0.3) is 0 Å². The van der Waals surface area contributed by atoms with E-state index in [4.69, 9.17) is 28.4 Å². The van der Waals surface area contributed by atoms with Crippen molar-refractivity contribution in [1.29, 1.82) is 0 Å². The normalized spacial score (nSPS) is 26.2. The van der Waals surface area contributed by atoms with Crippen LogP contribution in [-0.2, 0) is 38.0 Å². The maximum absolute atomic E-state index is 13.0. The summed E-state index contributed by atoms with van der Waals surface area (Å²) in [6, 6.07) is 0. The van der Waals surface area contributed by atoms with Gasteiger partial charge in [0, 0.05) is 12.8 Å². The molecule has 0 aromatic rings. The molecule has 15 nitrogen and oxygen atoms in total. The third-order valence-corrected chi connectivity index (χ3v) is 12.1. The summed E-state index contributed by atoms with van der Waals surface area (Å²) in [6.45, 7) is 2.41. The maximum atomic E-state index is 13.0. The monoisotopic (exact) mass is 967 g/mol. The zero-order valence-corrected chi connectivity index (χ0v) is 41.3. The molecule has 0 saturated carbocycles. The first-order chi connectivity index (χ1) is 33.0. The fourth-order valence-corrected chi connectivity index (χ4v) is 7.81. The zero-order valence-electron chi connectivity index (χ0n) is 41.3. The van der Waals surface area contributed by atoms with Crippen molar-refractivity contribution in [2.45, 2.75) is 235 Å². The minimum Gasteiger partial charge on any atom is -0.462 e. The van der Waals surface area contributed by atoms with Crippen molar-refractivity contribution in [2.24, 2.45) is 0 Å². The van der Waals surface area contributed by atoms with Crippen LogP contribution >= 0.6 is 0 Å². The van der Waals surface area contributed by atoms with Crippen molar-refractivity contribution >= 4 is 11.9 Å². The molecular weight excluding hydrogens is 877 g/mol. The molecule has 0 aliphatic carbocycles. The Morgan fingerprint density at radius 2 is 0.941 bits per heavy atom. The fourth-order valence-electron chi connectivity index (χ4n) is 7.81. The average molecular weight is 967 g/mol. The predicted octanol–water partition coefficient (Wildman–Crippen LogP) is 7.27. The van der Waals surface area contributed by atoms with E-state index in [2.05, 4.69) is 38.2 Å². The van der Waals surface area contributed by atoms with Crippen LogP contribution in [0.5, 0.6) is 0 Å². The Kier molecular flexibility index (Phi) is 36.0. The minimum atomic E-state index is -1.77. The number of hydrogen-bond acceptors (Lipinski definition) is 15. The summed E-state index contributed by atoms with van der Waals surface area (Å²) in [6.07, 6.45) is 28.1. The van der Waals surface area contributed by atoms with E-state index < -0.39 is 99.3 Å². The van der Waals surface area contributed by atoms with Crippen molar-refractivity contribution < 1.29 is 73.8 Å². The molecule has 0 radical (unpaired) electrons. The lowest BCUT2D eigenvalue weighted by atomic mass is 9.98. The van der Waals surface area contributed by atoms with Crippen molar-refractivity contribution in [3.05, 3.63) is 60.8 Å². The van der Waals surface area contributed by atoms with Gasteiger partial charge in [-0.25, -0.2) is 0 Å². The second-order valence-electron chi connectivity index (χ2n) is 18.1. The molecule has 0 aromatic heterocycles. The molecule has 68 heavy (non-hydrogen) atoms. The SMILES string of the molecule is CC/C=C/C=C/C=C/C=C/CCCCCCCC(=O)OC[C@H](CO[C@H]1O[C@@H](CO[C@H]2O[C@@H](CO)[C@@H](O)C(O)C2O)[C@@H](O)C(O)C1O)OC(=O)CCCCCCCCCCC/C=C/CCCCCC. The molecule has 392 valence electrons. The molecule has 4 unspecified atom stereocenters. The largest absolute Gasteiger partial charge is 0.462 e.